The third kappa shape index (κ3) is 5.03. The quantitative estimate of drug-likeness (QED) is 0.285. The Hall–Kier alpha value is -4.07. The fourth-order valence-corrected chi connectivity index (χ4v) is 4.93. The topological polar surface area (TPSA) is 69.6 Å². The maximum Gasteiger partial charge on any atom is 0.281 e. The number of nitrogens with one attached hydrogen (secondary N) is 1. The summed E-state index contributed by atoms with van der Waals surface area (Å²) in [6, 6.07) is 27.3. The van der Waals surface area contributed by atoms with E-state index in [4.69, 9.17) is 11.6 Å². The summed E-state index contributed by atoms with van der Waals surface area (Å²) in [7, 11) is 0. The van der Waals surface area contributed by atoms with E-state index in [-0.39, 0.29) is 34.3 Å². The summed E-state index contributed by atoms with van der Waals surface area (Å²) in [5.41, 5.74) is 0.444. The number of rotatable bonds is 4. The average molecular weight is 547 g/mol. The van der Waals surface area contributed by atoms with E-state index in [1.54, 1.807) is 24.3 Å². The molecular weight excluding hydrogens is 522 g/mol. The minimum atomic E-state index is -3.48. The van der Waals surface area contributed by atoms with Crippen LogP contribution in [0, 0.1) is 0 Å². The molecule has 0 radical (unpaired) electrons. The van der Waals surface area contributed by atoms with Gasteiger partial charge in [-0.15, -0.1) is 0 Å². The van der Waals surface area contributed by atoms with Gasteiger partial charge in [-0.25, -0.2) is 8.78 Å². The summed E-state index contributed by atoms with van der Waals surface area (Å²) in [4.78, 5) is 27.8. The van der Waals surface area contributed by atoms with Crippen LogP contribution in [0.5, 0.6) is 0 Å². The molecule has 2 amide bonds. The molecular formula is C31H25ClF2N2O3. The van der Waals surface area contributed by atoms with E-state index < -0.39 is 23.9 Å². The zero-order valence-electron chi connectivity index (χ0n) is 21.0. The number of fused-ring (bicyclic) bond motifs is 1. The molecule has 1 aliphatic rings. The fraction of sp³-hybridized carbons (Fsp3) is 0.161. The maximum atomic E-state index is 14.9. The summed E-state index contributed by atoms with van der Waals surface area (Å²) < 4.78 is 29.7. The molecule has 8 heteroatoms. The Kier molecular flexibility index (Phi) is 6.97. The number of carbonyl (C=O) groups excluding carboxylic acids is 2. The fourth-order valence-electron chi connectivity index (χ4n) is 4.76. The minimum absolute atomic E-state index is 0.119. The van der Waals surface area contributed by atoms with E-state index in [9.17, 15) is 23.5 Å². The summed E-state index contributed by atoms with van der Waals surface area (Å²) in [5, 5.41) is 13.8. The van der Waals surface area contributed by atoms with Crippen LogP contribution in [-0.4, -0.2) is 29.4 Å². The van der Waals surface area contributed by atoms with Crippen LogP contribution >= 0.6 is 11.6 Å². The minimum Gasteiger partial charge on any atom is -0.379 e. The monoisotopic (exact) mass is 546 g/mol. The molecule has 5 rings (SSSR count). The summed E-state index contributed by atoms with van der Waals surface area (Å²) >= 11 is 6.05. The van der Waals surface area contributed by atoms with E-state index in [1.807, 2.05) is 42.5 Å². The van der Waals surface area contributed by atoms with E-state index in [2.05, 4.69) is 5.32 Å². The number of carbonyl (C=O) groups is 2. The Labute approximate surface area is 229 Å². The molecule has 198 valence electrons. The number of hydrogen-bond acceptors (Lipinski definition) is 3. The first-order valence-corrected chi connectivity index (χ1v) is 12.7. The second-order valence-corrected chi connectivity index (χ2v) is 10.0. The van der Waals surface area contributed by atoms with Gasteiger partial charge >= 0.3 is 0 Å². The van der Waals surface area contributed by atoms with Crippen molar-refractivity contribution in [2.75, 3.05) is 16.8 Å². The summed E-state index contributed by atoms with van der Waals surface area (Å²) in [5.74, 6) is -4.30. The van der Waals surface area contributed by atoms with Gasteiger partial charge in [0.2, 0.25) is 0 Å². The lowest BCUT2D eigenvalue weighted by Gasteiger charge is -2.32. The Morgan fingerprint density at radius 1 is 0.923 bits per heavy atom. The molecule has 0 spiro atoms. The Balaban J connectivity index is 1.39. The Bertz CT molecular complexity index is 1540. The molecule has 1 atom stereocenters. The third-order valence-corrected chi connectivity index (χ3v) is 7.26. The predicted molar refractivity (Wildman–Crippen MR) is 149 cm³/mol. The number of alkyl halides is 2. The van der Waals surface area contributed by atoms with Crippen molar-refractivity contribution in [2.24, 2.45) is 0 Å². The first kappa shape index (κ1) is 26.5. The van der Waals surface area contributed by atoms with Gasteiger partial charge in [0.05, 0.1) is 5.69 Å². The largest absolute Gasteiger partial charge is 0.379 e. The van der Waals surface area contributed by atoms with Crippen LogP contribution in [0.3, 0.4) is 0 Å². The highest BCUT2D eigenvalue weighted by molar-refractivity contribution is 6.30. The van der Waals surface area contributed by atoms with Gasteiger partial charge in [-0.2, -0.15) is 0 Å². The molecule has 1 unspecified atom stereocenters. The van der Waals surface area contributed by atoms with E-state index >= 15 is 0 Å². The van der Waals surface area contributed by atoms with Crippen molar-refractivity contribution in [1.82, 2.24) is 0 Å². The Morgan fingerprint density at radius 3 is 2.31 bits per heavy atom. The van der Waals surface area contributed by atoms with Crippen LogP contribution in [0.2, 0.25) is 5.02 Å². The van der Waals surface area contributed by atoms with Crippen molar-refractivity contribution in [3.05, 3.63) is 119 Å². The van der Waals surface area contributed by atoms with E-state index in [0.29, 0.717) is 11.3 Å². The first-order chi connectivity index (χ1) is 18.6. The Morgan fingerprint density at radius 2 is 1.59 bits per heavy atom. The van der Waals surface area contributed by atoms with Gasteiger partial charge in [-0.3, -0.25) is 9.59 Å². The maximum absolute atomic E-state index is 14.9. The van der Waals surface area contributed by atoms with Crippen LogP contribution in [0.25, 0.3) is 11.1 Å². The molecule has 0 bridgehead atoms. The molecule has 0 aliphatic carbocycles. The number of hydrogen-bond donors (Lipinski definition) is 2. The highest BCUT2D eigenvalue weighted by Crippen LogP contribution is 2.47. The smallest absolute Gasteiger partial charge is 0.281 e. The normalized spacial score (nSPS) is 18.1. The molecule has 2 N–H and O–H groups in total. The van der Waals surface area contributed by atoms with Crippen LogP contribution in [0.15, 0.2) is 97.1 Å². The second kappa shape index (κ2) is 10.2. The number of nitrogens with zero attached hydrogens (tertiary/aromatic N) is 1. The molecule has 0 saturated carbocycles. The van der Waals surface area contributed by atoms with Crippen molar-refractivity contribution < 1.29 is 23.5 Å². The van der Waals surface area contributed by atoms with Crippen molar-refractivity contribution in [1.29, 1.82) is 0 Å². The van der Waals surface area contributed by atoms with Crippen molar-refractivity contribution >= 4 is 34.8 Å². The van der Waals surface area contributed by atoms with Gasteiger partial charge in [0.1, 0.15) is 0 Å². The van der Waals surface area contributed by atoms with Crippen LogP contribution in [-0.2, 0) is 5.60 Å². The molecule has 1 heterocycles. The number of amides is 2. The molecule has 0 aromatic heterocycles. The molecule has 0 fully saturated rings. The van der Waals surface area contributed by atoms with Crippen molar-refractivity contribution in [2.45, 2.75) is 24.9 Å². The summed E-state index contributed by atoms with van der Waals surface area (Å²) in [6.45, 7) is 0.731. The number of aliphatic hydroxyl groups is 1. The van der Waals surface area contributed by atoms with Crippen LogP contribution in [0.1, 0.15) is 39.6 Å². The molecule has 0 saturated heterocycles. The van der Waals surface area contributed by atoms with E-state index in [1.165, 1.54) is 35.2 Å². The lowest BCUT2D eigenvalue weighted by Crippen LogP contribution is -2.42. The van der Waals surface area contributed by atoms with E-state index in [0.717, 1.165) is 18.1 Å². The number of halogens is 3. The van der Waals surface area contributed by atoms with Gasteiger partial charge in [-0.05, 0) is 66.6 Å². The second-order valence-electron chi connectivity index (χ2n) is 9.59. The summed E-state index contributed by atoms with van der Waals surface area (Å²) in [6.07, 6.45) is -0.729. The average Bonchev–Trinajstić information content (AvgIpc) is 3.01. The molecule has 39 heavy (non-hydrogen) atoms. The number of benzene rings is 4. The molecule has 4 aromatic rings. The van der Waals surface area contributed by atoms with Gasteiger partial charge in [0.15, 0.2) is 5.60 Å². The standard InChI is InChI=1S/C31H25ClF2N2O3/c1-30(39)26-19-22(32)13-16-27(26)36(18-17-31(30,33)34)29(38)21-11-14-23(15-12-21)35-28(37)25-10-6-5-9-24(25)20-7-3-2-4-8-20/h2-16,19,39H,17-18H2,1H3,(H,35,37). The van der Waals surface area contributed by atoms with Gasteiger partial charge in [-0.1, -0.05) is 60.1 Å². The van der Waals surface area contributed by atoms with Crippen LogP contribution < -0.4 is 10.2 Å². The third-order valence-electron chi connectivity index (χ3n) is 7.03. The van der Waals surface area contributed by atoms with Gasteiger partial charge < -0.3 is 15.3 Å². The highest BCUT2D eigenvalue weighted by atomic mass is 35.5. The predicted octanol–water partition coefficient (Wildman–Crippen LogP) is 7.15. The number of anilines is 2. The van der Waals surface area contributed by atoms with Gasteiger partial charge in [0, 0.05) is 40.4 Å². The lowest BCUT2D eigenvalue weighted by atomic mass is 9.87. The van der Waals surface area contributed by atoms with Gasteiger partial charge in [0.25, 0.3) is 17.7 Å². The zero-order chi connectivity index (χ0) is 27.8. The highest BCUT2D eigenvalue weighted by Gasteiger charge is 2.53. The zero-order valence-corrected chi connectivity index (χ0v) is 21.8. The molecule has 4 aromatic carbocycles. The first-order valence-electron chi connectivity index (χ1n) is 12.4. The van der Waals surface area contributed by atoms with Crippen molar-refractivity contribution in [3.8, 4) is 11.1 Å². The SMILES string of the molecule is CC1(O)c2cc(Cl)ccc2N(C(=O)c2ccc(NC(=O)c3ccccc3-c3ccccc3)cc2)CCC1(F)F. The lowest BCUT2D eigenvalue weighted by molar-refractivity contribution is -0.177. The molecule has 5 nitrogen and oxygen atoms in total. The molecule has 1 aliphatic heterocycles. The van der Waals surface area contributed by atoms with Crippen molar-refractivity contribution in [3.63, 3.8) is 0 Å². The van der Waals surface area contributed by atoms with Crippen LogP contribution in [0.4, 0.5) is 20.2 Å².